The molecule has 3 atom stereocenters. The van der Waals surface area contributed by atoms with Gasteiger partial charge in [-0.05, 0) is 98.7 Å². The molecular formula is C21H33NO. The van der Waals surface area contributed by atoms with Gasteiger partial charge in [0.15, 0.2) is 0 Å². The Morgan fingerprint density at radius 2 is 1.57 bits per heavy atom. The molecule has 2 heteroatoms. The third-order valence-corrected chi connectivity index (χ3v) is 8.48. The fraction of sp³-hybridized carbons (Fsp3) is 0.952. The third kappa shape index (κ3) is 2.55. The van der Waals surface area contributed by atoms with Crippen LogP contribution in [0.1, 0.15) is 70.6 Å². The van der Waals surface area contributed by atoms with Crippen molar-refractivity contribution in [2.45, 2.75) is 70.6 Å². The molecule has 2 nitrogen and oxygen atoms in total. The van der Waals surface area contributed by atoms with E-state index in [0.29, 0.717) is 11.3 Å². The van der Waals surface area contributed by atoms with E-state index in [1.807, 2.05) is 0 Å². The predicted molar refractivity (Wildman–Crippen MR) is 91.8 cm³/mol. The minimum Gasteiger partial charge on any atom is -0.345 e. The highest BCUT2D eigenvalue weighted by atomic mass is 16.2. The van der Waals surface area contributed by atoms with Gasteiger partial charge in [0, 0.05) is 20.0 Å². The standard InChI is InChI=1S/C21H33NO/c1-22(20(23)9-19-8-14-2-3-18(19)7-14)13-21-10-15-4-16(11-21)6-17(5-15)12-21/h14-19H,2-13H2,1H3/t14-,15?,16?,17?,18+,19-,21?/m0/s1. The maximum Gasteiger partial charge on any atom is 0.222 e. The molecule has 128 valence electrons. The molecular weight excluding hydrogens is 282 g/mol. The molecule has 6 aliphatic rings. The molecule has 6 fully saturated rings. The molecule has 0 spiro atoms. The Balaban J connectivity index is 1.21. The topological polar surface area (TPSA) is 20.3 Å². The predicted octanol–water partition coefficient (Wildman–Crippen LogP) is 4.49. The first-order valence-electron chi connectivity index (χ1n) is 10.3. The van der Waals surface area contributed by atoms with Crippen LogP contribution in [0, 0.1) is 40.9 Å². The van der Waals surface area contributed by atoms with Crippen LogP contribution in [0.5, 0.6) is 0 Å². The van der Waals surface area contributed by atoms with Crippen LogP contribution in [0.3, 0.4) is 0 Å². The summed E-state index contributed by atoms with van der Waals surface area (Å²) < 4.78 is 0. The van der Waals surface area contributed by atoms with E-state index in [1.54, 1.807) is 0 Å². The molecule has 6 rings (SSSR count). The lowest BCUT2D eigenvalue weighted by Gasteiger charge is -2.57. The van der Waals surface area contributed by atoms with Crippen molar-refractivity contribution in [2.24, 2.45) is 40.9 Å². The lowest BCUT2D eigenvalue weighted by Crippen LogP contribution is -2.51. The normalized spacial score (nSPS) is 49.8. The zero-order valence-corrected chi connectivity index (χ0v) is 14.8. The first-order chi connectivity index (χ1) is 11.1. The smallest absolute Gasteiger partial charge is 0.222 e. The van der Waals surface area contributed by atoms with Crippen molar-refractivity contribution in [3.63, 3.8) is 0 Å². The summed E-state index contributed by atoms with van der Waals surface area (Å²) >= 11 is 0. The van der Waals surface area contributed by atoms with Crippen molar-refractivity contribution in [1.29, 1.82) is 0 Å². The number of carbonyl (C=O) groups is 1. The van der Waals surface area contributed by atoms with Gasteiger partial charge in [-0.1, -0.05) is 6.42 Å². The number of amides is 1. The minimum atomic E-state index is 0.457. The van der Waals surface area contributed by atoms with Crippen LogP contribution in [0.4, 0.5) is 0 Å². The summed E-state index contributed by atoms with van der Waals surface area (Å²) in [6.45, 7) is 1.07. The quantitative estimate of drug-likeness (QED) is 0.748. The second kappa shape index (κ2) is 5.23. The van der Waals surface area contributed by atoms with Crippen LogP contribution >= 0.6 is 0 Å². The summed E-state index contributed by atoms with van der Waals surface area (Å²) in [5.74, 6) is 6.02. The zero-order chi connectivity index (χ0) is 15.6. The van der Waals surface area contributed by atoms with Crippen molar-refractivity contribution < 1.29 is 4.79 Å². The van der Waals surface area contributed by atoms with Crippen LogP contribution in [-0.4, -0.2) is 24.4 Å². The highest BCUT2D eigenvalue weighted by Gasteiger charge is 2.51. The lowest BCUT2D eigenvalue weighted by molar-refractivity contribution is -0.136. The largest absolute Gasteiger partial charge is 0.345 e. The fourth-order valence-corrected chi connectivity index (χ4v) is 8.08. The lowest BCUT2D eigenvalue weighted by atomic mass is 9.49. The van der Waals surface area contributed by atoms with Crippen LogP contribution in [0.15, 0.2) is 0 Å². The number of fused-ring (bicyclic) bond motifs is 2. The van der Waals surface area contributed by atoms with Gasteiger partial charge in [0.1, 0.15) is 0 Å². The van der Waals surface area contributed by atoms with Gasteiger partial charge in [-0.3, -0.25) is 4.79 Å². The number of carbonyl (C=O) groups excluding carboxylic acids is 1. The Morgan fingerprint density at radius 3 is 2.09 bits per heavy atom. The van der Waals surface area contributed by atoms with Gasteiger partial charge >= 0.3 is 0 Å². The van der Waals surface area contributed by atoms with E-state index >= 15 is 0 Å². The maximum atomic E-state index is 12.8. The van der Waals surface area contributed by atoms with Gasteiger partial charge < -0.3 is 4.90 Å². The highest BCUT2D eigenvalue weighted by Crippen LogP contribution is 2.60. The number of rotatable bonds is 4. The molecule has 0 unspecified atom stereocenters. The average Bonchev–Trinajstić information content (AvgIpc) is 3.07. The van der Waals surface area contributed by atoms with Crippen LogP contribution in [0.25, 0.3) is 0 Å². The maximum absolute atomic E-state index is 12.8. The van der Waals surface area contributed by atoms with Crippen LogP contribution in [0.2, 0.25) is 0 Å². The second-order valence-corrected chi connectivity index (χ2v) is 10.3. The molecule has 0 aromatic heterocycles. The number of nitrogens with zero attached hydrogens (tertiary/aromatic N) is 1. The monoisotopic (exact) mass is 315 g/mol. The molecule has 0 aromatic carbocycles. The highest BCUT2D eigenvalue weighted by molar-refractivity contribution is 5.76. The SMILES string of the molecule is CN(CC12CC3CC(CC(C3)C1)C2)C(=O)C[C@@H]1C[C@H]2CC[C@@H]1C2. The van der Waals surface area contributed by atoms with Gasteiger partial charge in [-0.2, -0.15) is 0 Å². The summed E-state index contributed by atoms with van der Waals surface area (Å²) in [4.78, 5) is 15.0. The molecule has 0 radical (unpaired) electrons. The van der Waals surface area contributed by atoms with E-state index in [9.17, 15) is 4.79 Å². The zero-order valence-electron chi connectivity index (χ0n) is 14.8. The molecule has 0 heterocycles. The van der Waals surface area contributed by atoms with E-state index in [-0.39, 0.29) is 0 Å². The number of hydrogen-bond acceptors (Lipinski definition) is 1. The van der Waals surface area contributed by atoms with Crippen molar-refractivity contribution in [2.75, 3.05) is 13.6 Å². The van der Waals surface area contributed by atoms with Gasteiger partial charge in [0.25, 0.3) is 0 Å². The Bertz CT molecular complexity index is 463. The Labute approximate surface area is 141 Å². The fourth-order valence-electron chi connectivity index (χ4n) is 8.08. The molecule has 6 saturated carbocycles. The first-order valence-corrected chi connectivity index (χ1v) is 10.3. The number of hydrogen-bond donors (Lipinski definition) is 0. The van der Waals surface area contributed by atoms with E-state index in [1.165, 1.54) is 64.2 Å². The van der Waals surface area contributed by atoms with E-state index in [4.69, 9.17) is 0 Å². The van der Waals surface area contributed by atoms with E-state index in [2.05, 4.69) is 11.9 Å². The first kappa shape index (κ1) is 14.8. The van der Waals surface area contributed by atoms with Gasteiger partial charge in [-0.25, -0.2) is 0 Å². The third-order valence-electron chi connectivity index (χ3n) is 8.48. The molecule has 0 aromatic rings. The van der Waals surface area contributed by atoms with Crippen molar-refractivity contribution in [1.82, 2.24) is 4.90 Å². The summed E-state index contributed by atoms with van der Waals surface area (Å²) in [7, 11) is 2.11. The molecule has 1 amide bonds. The molecule has 6 aliphatic carbocycles. The summed E-state index contributed by atoms with van der Waals surface area (Å²) in [6, 6.07) is 0. The summed E-state index contributed by atoms with van der Waals surface area (Å²) in [6.07, 6.45) is 15.2. The van der Waals surface area contributed by atoms with E-state index in [0.717, 1.165) is 48.5 Å². The summed E-state index contributed by atoms with van der Waals surface area (Å²) in [5, 5.41) is 0. The van der Waals surface area contributed by atoms with Gasteiger partial charge in [0.05, 0.1) is 0 Å². The van der Waals surface area contributed by atoms with Crippen LogP contribution in [-0.2, 0) is 4.79 Å². The van der Waals surface area contributed by atoms with Crippen molar-refractivity contribution in [3.8, 4) is 0 Å². The summed E-state index contributed by atoms with van der Waals surface area (Å²) in [5.41, 5.74) is 0.508. The Hall–Kier alpha value is -0.530. The van der Waals surface area contributed by atoms with Gasteiger partial charge in [-0.15, -0.1) is 0 Å². The molecule has 6 bridgehead atoms. The Kier molecular flexibility index (Phi) is 3.36. The van der Waals surface area contributed by atoms with Crippen LogP contribution < -0.4 is 0 Å². The molecule has 0 N–H and O–H groups in total. The molecule has 0 saturated heterocycles. The van der Waals surface area contributed by atoms with Crippen molar-refractivity contribution in [3.05, 3.63) is 0 Å². The second-order valence-electron chi connectivity index (χ2n) is 10.3. The Morgan fingerprint density at radius 1 is 0.913 bits per heavy atom. The van der Waals surface area contributed by atoms with E-state index < -0.39 is 0 Å². The average molecular weight is 316 g/mol. The van der Waals surface area contributed by atoms with Crippen molar-refractivity contribution >= 4 is 5.91 Å². The molecule has 23 heavy (non-hydrogen) atoms. The van der Waals surface area contributed by atoms with Gasteiger partial charge in [0.2, 0.25) is 5.91 Å². The molecule has 0 aliphatic heterocycles. The minimum absolute atomic E-state index is 0.457.